The molecule has 1 unspecified atom stereocenters. The first-order chi connectivity index (χ1) is 9.78. The van der Waals surface area contributed by atoms with Crippen molar-refractivity contribution in [3.8, 4) is 5.69 Å². The van der Waals surface area contributed by atoms with Gasteiger partial charge in [-0.1, -0.05) is 13.8 Å². The van der Waals surface area contributed by atoms with E-state index >= 15 is 0 Å². The number of halogens is 3. The maximum absolute atomic E-state index is 13.4. The minimum absolute atomic E-state index is 0.0135. The van der Waals surface area contributed by atoms with Gasteiger partial charge in [0.25, 0.3) is 0 Å². The third kappa shape index (κ3) is 2.35. The van der Waals surface area contributed by atoms with Gasteiger partial charge in [-0.3, -0.25) is 0 Å². The molecule has 0 radical (unpaired) electrons. The quantitative estimate of drug-likeness (QED) is 0.795. The van der Waals surface area contributed by atoms with Crippen LogP contribution in [0.25, 0.3) is 5.69 Å². The third-order valence-corrected chi connectivity index (χ3v) is 4.09. The van der Waals surface area contributed by atoms with Crippen molar-refractivity contribution in [1.29, 1.82) is 0 Å². The minimum Gasteiger partial charge on any atom is -0.324 e. The van der Waals surface area contributed by atoms with Crippen LogP contribution in [0.3, 0.4) is 0 Å². The van der Waals surface area contributed by atoms with Gasteiger partial charge in [-0.15, -0.1) is 0 Å². The molecule has 0 amide bonds. The number of aromatic nitrogens is 1. The van der Waals surface area contributed by atoms with E-state index in [1.165, 1.54) is 0 Å². The lowest BCUT2D eigenvalue weighted by Crippen LogP contribution is -2.30. The Morgan fingerprint density at radius 2 is 1.81 bits per heavy atom. The summed E-state index contributed by atoms with van der Waals surface area (Å²) in [5, 5.41) is 0. The summed E-state index contributed by atoms with van der Waals surface area (Å²) in [5.74, 6) is -3.82. The Morgan fingerprint density at radius 1 is 1.19 bits per heavy atom. The zero-order chi connectivity index (χ0) is 15.4. The number of hydrogen-bond donors (Lipinski definition) is 1. The van der Waals surface area contributed by atoms with Crippen LogP contribution in [0, 0.1) is 22.9 Å². The van der Waals surface area contributed by atoms with Gasteiger partial charge in [0.05, 0.1) is 5.69 Å². The van der Waals surface area contributed by atoms with Gasteiger partial charge in [0.1, 0.15) is 0 Å². The van der Waals surface area contributed by atoms with Gasteiger partial charge in [-0.2, -0.15) is 0 Å². The van der Waals surface area contributed by atoms with Gasteiger partial charge in [-0.05, 0) is 29.9 Å². The summed E-state index contributed by atoms with van der Waals surface area (Å²) in [7, 11) is 0. The van der Waals surface area contributed by atoms with E-state index in [-0.39, 0.29) is 17.1 Å². The molecule has 0 aliphatic heterocycles. The molecule has 0 saturated carbocycles. The molecule has 3 rings (SSSR count). The van der Waals surface area contributed by atoms with Gasteiger partial charge in [0, 0.05) is 30.1 Å². The maximum Gasteiger partial charge on any atom is 0.194 e. The highest BCUT2D eigenvalue weighted by atomic mass is 19.2. The Bertz CT molecular complexity index is 681. The molecule has 2 aromatic rings. The molecular formula is C16H17F3N2. The van der Waals surface area contributed by atoms with E-state index in [1.807, 2.05) is 6.07 Å². The lowest BCUT2D eigenvalue weighted by molar-refractivity contribution is 0.278. The minimum atomic E-state index is -1.45. The molecule has 1 aliphatic carbocycles. The summed E-state index contributed by atoms with van der Waals surface area (Å²) in [6.45, 7) is 4.22. The highest BCUT2D eigenvalue weighted by molar-refractivity contribution is 5.41. The van der Waals surface area contributed by atoms with Crippen molar-refractivity contribution in [2.24, 2.45) is 11.1 Å². The van der Waals surface area contributed by atoms with Gasteiger partial charge in [0.2, 0.25) is 0 Å². The van der Waals surface area contributed by atoms with E-state index < -0.39 is 17.5 Å². The predicted octanol–water partition coefficient (Wildman–Crippen LogP) is 3.87. The van der Waals surface area contributed by atoms with Crippen molar-refractivity contribution in [1.82, 2.24) is 4.57 Å². The molecule has 1 aromatic heterocycles. The van der Waals surface area contributed by atoms with E-state index in [1.54, 1.807) is 10.8 Å². The van der Waals surface area contributed by atoms with Crippen molar-refractivity contribution in [3.05, 3.63) is 53.1 Å². The molecular weight excluding hydrogens is 277 g/mol. The molecule has 21 heavy (non-hydrogen) atoms. The standard InChI is InChI=1S/C16H17F3N2/c1-16(2)7-13(20)10-3-4-21(14(10)8-16)9-5-11(17)15(19)12(18)6-9/h3-6,13H,7-8,20H2,1-2H3. The van der Waals surface area contributed by atoms with Crippen LogP contribution in [-0.4, -0.2) is 4.57 Å². The molecule has 1 aliphatic rings. The number of fused-ring (bicyclic) bond motifs is 1. The summed E-state index contributed by atoms with van der Waals surface area (Å²) in [5.41, 5.74) is 8.38. The van der Waals surface area contributed by atoms with Crippen LogP contribution >= 0.6 is 0 Å². The molecule has 0 saturated heterocycles. The molecule has 2 nitrogen and oxygen atoms in total. The number of nitrogens with two attached hydrogens (primary N) is 1. The Kier molecular flexibility index (Phi) is 3.13. The molecule has 1 atom stereocenters. The van der Waals surface area contributed by atoms with Crippen LogP contribution < -0.4 is 5.73 Å². The summed E-state index contributed by atoms with van der Waals surface area (Å²) in [4.78, 5) is 0. The van der Waals surface area contributed by atoms with Gasteiger partial charge in [-0.25, -0.2) is 13.2 Å². The Labute approximate surface area is 121 Å². The molecule has 1 aromatic carbocycles. The van der Waals surface area contributed by atoms with E-state index in [0.717, 1.165) is 36.2 Å². The van der Waals surface area contributed by atoms with E-state index in [4.69, 9.17) is 5.73 Å². The summed E-state index contributed by atoms with van der Waals surface area (Å²) < 4.78 is 41.7. The fourth-order valence-electron chi connectivity index (χ4n) is 3.16. The number of nitrogens with zero attached hydrogens (tertiary/aromatic N) is 1. The molecule has 112 valence electrons. The molecule has 0 spiro atoms. The van der Waals surface area contributed by atoms with Crippen LogP contribution in [0.2, 0.25) is 0 Å². The zero-order valence-corrected chi connectivity index (χ0v) is 12.0. The molecule has 0 bridgehead atoms. The van der Waals surface area contributed by atoms with Crippen LogP contribution in [0.15, 0.2) is 24.4 Å². The smallest absolute Gasteiger partial charge is 0.194 e. The Balaban J connectivity index is 2.14. The highest BCUT2D eigenvalue weighted by Crippen LogP contribution is 2.40. The largest absolute Gasteiger partial charge is 0.324 e. The summed E-state index contributed by atoms with van der Waals surface area (Å²) in [6.07, 6.45) is 3.35. The highest BCUT2D eigenvalue weighted by Gasteiger charge is 2.32. The fraction of sp³-hybridized carbons (Fsp3) is 0.375. The molecule has 1 heterocycles. The van der Waals surface area contributed by atoms with Crippen molar-refractivity contribution in [2.75, 3.05) is 0 Å². The third-order valence-electron chi connectivity index (χ3n) is 4.09. The Morgan fingerprint density at radius 3 is 2.43 bits per heavy atom. The predicted molar refractivity (Wildman–Crippen MR) is 74.7 cm³/mol. The lowest BCUT2D eigenvalue weighted by atomic mass is 9.74. The Hall–Kier alpha value is -1.75. The van der Waals surface area contributed by atoms with Crippen molar-refractivity contribution < 1.29 is 13.2 Å². The number of rotatable bonds is 1. The van der Waals surface area contributed by atoms with Crippen LogP contribution in [0.1, 0.15) is 37.6 Å². The van der Waals surface area contributed by atoms with Crippen molar-refractivity contribution in [2.45, 2.75) is 32.7 Å². The SMILES string of the molecule is CC1(C)Cc2c(ccn2-c2cc(F)c(F)c(F)c2)C(N)C1. The van der Waals surface area contributed by atoms with E-state index in [2.05, 4.69) is 13.8 Å². The zero-order valence-electron chi connectivity index (χ0n) is 12.0. The lowest BCUT2D eigenvalue weighted by Gasteiger charge is -2.34. The van der Waals surface area contributed by atoms with Crippen molar-refractivity contribution in [3.63, 3.8) is 0 Å². The van der Waals surface area contributed by atoms with Gasteiger partial charge in [0.15, 0.2) is 17.5 Å². The molecule has 0 fully saturated rings. The summed E-state index contributed by atoms with van der Waals surface area (Å²) >= 11 is 0. The van der Waals surface area contributed by atoms with Gasteiger partial charge < -0.3 is 10.3 Å². The average molecular weight is 294 g/mol. The second kappa shape index (κ2) is 4.63. The summed E-state index contributed by atoms with van der Waals surface area (Å²) in [6, 6.07) is 3.78. The van der Waals surface area contributed by atoms with Gasteiger partial charge >= 0.3 is 0 Å². The topological polar surface area (TPSA) is 30.9 Å². The van der Waals surface area contributed by atoms with E-state index in [0.29, 0.717) is 0 Å². The van der Waals surface area contributed by atoms with Crippen molar-refractivity contribution >= 4 is 0 Å². The second-order valence-corrected chi connectivity index (χ2v) is 6.46. The monoisotopic (exact) mass is 294 g/mol. The van der Waals surface area contributed by atoms with Crippen LogP contribution in [0.5, 0.6) is 0 Å². The van der Waals surface area contributed by atoms with E-state index in [9.17, 15) is 13.2 Å². The normalized spacial score (nSPS) is 20.4. The average Bonchev–Trinajstić information content (AvgIpc) is 2.77. The second-order valence-electron chi connectivity index (χ2n) is 6.46. The molecule has 2 N–H and O–H groups in total. The fourth-order valence-corrected chi connectivity index (χ4v) is 3.16. The van der Waals surface area contributed by atoms with Crippen LogP contribution in [-0.2, 0) is 6.42 Å². The number of hydrogen-bond acceptors (Lipinski definition) is 1. The first-order valence-corrected chi connectivity index (χ1v) is 6.89. The molecule has 5 heteroatoms. The maximum atomic E-state index is 13.4. The van der Waals surface area contributed by atoms with Crippen LogP contribution in [0.4, 0.5) is 13.2 Å². The first-order valence-electron chi connectivity index (χ1n) is 6.89. The number of benzene rings is 1. The first kappa shape index (κ1) is 14.2.